The number of aromatic nitrogens is 2. The Morgan fingerprint density at radius 1 is 1.24 bits per heavy atom. The Kier molecular flexibility index (Phi) is 5.39. The van der Waals surface area contributed by atoms with E-state index in [1.807, 2.05) is 37.3 Å². The first-order valence-corrected chi connectivity index (χ1v) is 7.59. The lowest BCUT2D eigenvalue weighted by molar-refractivity contribution is 0.251. The van der Waals surface area contributed by atoms with Crippen LogP contribution in [0.25, 0.3) is 5.69 Å². The maximum absolute atomic E-state index is 9.13. The van der Waals surface area contributed by atoms with Gasteiger partial charge in [0.25, 0.3) is 0 Å². The summed E-state index contributed by atoms with van der Waals surface area (Å²) in [6, 6.07) is 9.89. The second kappa shape index (κ2) is 7.07. The maximum atomic E-state index is 9.13. The molecule has 0 saturated carbocycles. The van der Waals surface area contributed by atoms with Crippen LogP contribution in [-0.2, 0) is 6.54 Å². The number of hydrogen-bond acceptors (Lipinski definition) is 3. The van der Waals surface area contributed by atoms with Crippen LogP contribution in [0.1, 0.15) is 37.9 Å². The summed E-state index contributed by atoms with van der Waals surface area (Å²) in [6.45, 7) is 6.84. The van der Waals surface area contributed by atoms with Crippen LogP contribution in [0.4, 0.5) is 0 Å². The van der Waals surface area contributed by atoms with Crippen LogP contribution in [0.5, 0.6) is 0 Å². The molecule has 0 radical (unpaired) electrons. The topological polar surface area (TPSA) is 50.1 Å². The van der Waals surface area contributed by atoms with Gasteiger partial charge in [-0.25, -0.2) is 4.68 Å². The van der Waals surface area contributed by atoms with Crippen molar-refractivity contribution in [1.29, 1.82) is 0 Å². The van der Waals surface area contributed by atoms with Gasteiger partial charge >= 0.3 is 0 Å². The molecule has 0 aliphatic carbocycles. The highest BCUT2D eigenvalue weighted by molar-refractivity contribution is 6.30. The van der Waals surface area contributed by atoms with E-state index in [0.717, 1.165) is 16.9 Å². The van der Waals surface area contributed by atoms with Crippen LogP contribution in [0.3, 0.4) is 0 Å². The molecule has 21 heavy (non-hydrogen) atoms. The zero-order valence-electron chi connectivity index (χ0n) is 12.7. The molecule has 1 aromatic carbocycles. The molecular formula is C16H22ClN3O. The zero-order chi connectivity index (χ0) is 15.4. The lowest BCUT2D eigenvalue weighted by atomic mass is 10.1. The van der Waals surface area contributed by atoms with Gasteiger partial charge in [-0.3, -0.25) is 0 Å². The molecule has 0 spiro atoms. The highest BCUT2D eigenvalue weighted by atomic mass is 35.5. The molecule has 0 amide bonds. The molecule has 1 aromatic heterocycles. The standard InChI is InChI=1S/C16H22ClN3O/c1-11(2)15-14(9-18-12(3)10-21)16(17)20(19-15)13-7-5-4-6-8-13/h4-8,11-12,18,21H,9-10H2,1-3H3. The Balaban J connectivity index is 2.37. The Labute approximate surface area is 130 Å². The van der Waals surface area contributed by atoms with Crippen LogP contribution in [-0.4, -0.2) is 27.5 Å². The van der Waals surface area contributed by atoms with Crippen LogP contribution >= 0.6 is 11.6 Å². The number of para-hydroxylation sites is 1. The van der Waals surface area contributed by atoms with E-state index in [0.29, 0.717) is 11.7 Å². The third-order valence-corrected chi connectivity index (χ3v) is 3.79. The minimum Gasteiger partial charge on any atom is -0.395 e. The van der Waals surface area contributed by atoms with Crippen molar-refractivity contribution >= 4 is 11.6 Å². The largest absolute Gasteiger partial charge is 0.395 e. The summed E-state index contributed by atoms with van der Waals surface area (Å²) in [4.78, 5) is 0. The van der Waals surface area contributed by atoms with Gasteiger partial charge < -0.3 is 10.4 Å². The third-order valence-electron chi connectivity index (χ3n) is 3.40. The predicted octanol–water partition coefficient (Wildman–Crippen LogP) is 3.12. The lowest BCUT2D eigenvalue weighted by Crippen LogP contribution is -2.29. The average molecular weight is 308 g/mol. The first-order valence-electron chi connectivity index (χ1n) is 7.21. The molecule has 114 valence electrons. The summed E-state index contributed by atoms with van der Waals surface area (Å²) >= 11 is 6.53. The van der Waals surface area contributed by atoms with E-state index < -0.39 is 0 Å². The quantitative estimate of drug-likeness (QED) is 0.862. The fourth-order valence-electron chi connectivity index (χ4n) is 2.15. The molecule has 0 fully saturated rings. The minimum atomic E-state index is 0.0288. The lowest BCUT2D eigenvalue weighted by Gasteiger charge is -2.11. The summed E-state index contributed by atoms with van der Waals surface area (Å²) < 4.78 is 1.78. The van der Waals surface area contributed by atoms with Crippen molar-refractivity contribution in [1.82, 2.24) is 15.1 Å². The number of rotatable bonds is 6. The molecule has 0 aliphatic heterocycles. The molecule has 1 heterocycles. The van der Waals surface area contributed by atoms with E-state index in [1.165, 1.54) is 0 Å². The van der Waals surface area contributed by atoms with Gasteiger partial charge in [0.2, 0.25) is 0 Å². The number of hydrogen-bond donors (Lipinski definition) is 2. The van der Waals surface area contributed by atoms with Gasteiger partial charge in [-0.1, -0.05) is 43.6 Å². The SMILES string of the molecule is CC(CO)NCc1c(C(C)C)nn(-c2ccccc2)c1Cl. The first kappa shape index (κ1) is 16.0. The van der Waals surface area contributed by atoms with Gasteiger partial charge in [0.1, 0.15) is 5.15 Å². The second-order valence-corrected chi connectivity index (χ2v) is 5.88. The monoisotopic (exact) mass is 307 g/mol. The third kappa shape index (κ3) is 3.64. The van der Waals surface area contributed by atoms with E-state index in [4.69, 9.17) is 16.7 Å². The maximum Gasteiger partial charge on any atom is 0.137 e. The zero-order valence-corrected chi connectivity index (χ0v) is 13.4. The van der Waals surface area contributed by atoms with Crippen molar-refractivity contribution in [2.75, 3.05) is 6.61 Å². The number of nitrogens with zero attached hydrogens (tertiary/aromatic N) is 2. The molecule has 2 aromatic rings. The second-order valence-electron chi connectivity index (χ2n) is 5.52. The van der Waals surface area contributed by atoms with E-state index in [2.05, 4.69) is 24.3 Å². The van der Waals surface area contributed by atoms with Crippen LogP contribution in [0.15, 0.2) is 30.3 Å². The van der Waals surface area contributed by atoms with Gasteiger partial charge in [0, 0.05) is 18.2 Å². The Morgan fingerprint density at radius 3 is 2.48 bits per heavy atom. The van der Waals surface area contributed by atoms with E-state index in [1.54, 1.807) is 4.68 Å². The Hall–Kier alpha value is -1.36. The van der Waals surface area contributed by atoms with Crippen molar-refractivity contribution in [3.05, 3.63) is 46.7 Å². The molecule has 1 unspecified atom stereocenters. The molecule has 0 aliphatic rings. The average Bonchev–Trinajstić information content (AvgIpc) is 2.83. The molecule has 4 nitrogen and oxygen atoms in total. The summed E-state index contributed by atoms with van der Waals surface area (Å²) in [7, 11) is 0. The summed E-state index contributed by atoms with van der Waals surface area (Å²) in [5.74, 6) is 0.286. The molecule has 2 rings (SSSR count). The van der Waals surface area contributed by atoms with E-state index in [-0.39, 0.29) is 18.6 Å². The Morgan fingerprint density at radius 2 is 1.90 bits per heavy atom. The first-order chi connectivity index (χ1) is 10.0. The van der Waals surface area contributed by atoms with E-state index >= 15 is 0 Å². The molecule has 5 heteroatoms. The van der Waals surface area contributed by atoms with Gasteiger partial charge in [0.05, 0.1) is 18.0 Å². The number of aliphatic hydroxyl groups excluding tert-OH is 1. The molecular weight excluding hydrogens is 286 g/mol. The Bertz CT molecular complexity index is 581. The van der Waals surface area contributed by atoms with Gasteiger partial charge in [-0.05, 0) is 25.0 Å². The molecule has 0 saturated heterocycles. The fourth-order valence-corrected chi connectivity index (χ4v) is 2.45. The van der Waals surface area contributed by atoms with Crippen LogP contribution in [0, 0.1) is 0 Å². The normalized spacial score (nSPS) is 12.9. The van der Waals surface area contributed by atoms with Crippen molar-refractivity contribution in [3.8, 4) is 5.69 Å². The fraction of sp³-hybridized carbons (Fsp3) is 0.438. The number of aliphatic hydroxyl groups is 1. The van der Waals surface area contributed by atoms with Crippen LogP contribution < -0.4 is 5.32 Å². The molecule has 2 N–H and O–H groups in total. The predicted molar refractivity (Wildman–Crippen MR) is 86.1 cm³/mol. The van der Waals surface area contributed by atoms with Crippen molar-refractivity contribution < 1.29 is 5.11 Å². The van der Waals surface area contributed by atoms with Gasteiger partial charge in [-0.2, -0.15) is 5.10 Å². The van der Waals surface area contributed by atoms with Gasteiger partial charge in [-0.15, -0.1) is 0 Å². The molecule has 1 atom stereocenters. The van der Waals surface area contributed by atoms with Gasteiger partial charge in [0.15, 0.2) is 0 Å². The highest BCUT2D eigenvalue weighted by Gasteiger charge is 2.19. The van der Waals surface area contributed by atoms with Crippen LogP contribution in [0.2, 0.25) is 5.15 Å². The smallest absolute Gasteiger partial charge is 0.137 e. The summed E-state index contributed by atoms with van der Waals surface area (Å²) in [5, 5.41) is 17.7. The number of halogens is 1. The van der Waals surface area contributed by atoms with Crippen molar-refractivity contribution in [3.63, 3.8) is 0 Å². The number of nitrogens with one attached hydrogen (secondary N) is 1. The molecule has 0 bridgehead atoms. The van der Waals surface area contributed by atoms with Crippen molar-refractivity contribution in [2.24, 2.45) is 0 Å². The number of benzene rings is 1. The van der Waals surface area contributed by atoms with E-state index in [9.17, 15) is 0 Å². The van der Waals surface area contributed by atoms with Crippen molar-refractivity contribution in [2.45, 2.75) is 39.3 Å². The summed E-state index contributed by atoms with van der Waals surface area (Å²) in [5.41, 5.74) is 2.93. The summed E-state index contributed by atoms with van der Waals surface area (Å²) in [6.07, 6.45) is 0. The minimum absolute atomic E-state index is 0.0288. The highest BCUT2D eigenvalue weighted by Crippen LogP contribution is 2.28.